The van der Waals surface area contributed by atoms with Crippen molar-refractivity contribution in [2.45, 2.75) is 0 Å². The smallest absolute Gasteiger partial charge is 0.160 e. The molecule has 13 rings (SSSR count). The van der Waals surface area contributed by atoms with E-state index >= 15 is 0 Å². The van der Waals surface area contributed by atoms with Crippen molar-refractivity contribution in [1.29, 1.82) is 0 Å². The molecular weight excluding hydrogens is 729 g/mol. The van der Waals surface area contributed by atoms with Gasteiger partial charge in [-0.2, -0.15) is 0 Å². The lowest BCUT2D eigenvalue weighted by molar-refractivity contribution is 1.17. The molecule has 1 aliphatic rings. The van der Waals surface area contributed by atoms with Crippen LogP contribution in [0.5, 0.6) is 0 Å². The van der Waals surface area contributed by atoms with Gasteiger partial charge in [-0.05, 0) is 88.1 Å². The number of aromatic nitrogens is 4. The summed E-state index contributed by atoms with van der Waals surface area (Å²) in [4.78, 5) is 10.7. The second-order valence-electron chi connectivity index (χ2n) is 15.7. The average molecular weight is 763 g/mol. The summed E-state index contributed by atoms with van der Waals surface area (Å²) in [6.07, 6.45) is 0. The molecule has 0 saturated heterocycles. The fourth-order valence-corrected chi connectivity index (χ4v) is 9.97. The lowest BCUT2D eigenvalue weighted by Crippen LogP contribution is -1.98. The van der Waals surface area contributed by atoms with Gasteiger partial charge in [0.15, 0.2) is 5.82 Å². The van der Waals surface area contributed by atoms with Crippen LogP contribution in [0.1, 0.15) is 0 Å². The number of hydrogen-bond acceptors (Lipinski definition) is 2. The van der Waals surface area contributed by atoms with Crippen LogP contribution in [0.25, 0.3) is 122 Å². The third-order valence-corrected chi connectivity index (χ3v) is 12.5. The van der Waals surface area contributed by atoms with Crippen molar-refractivity contribution in [1.82, 2.24) is 19.1 Å². The van der Waals surface area contributed by atoms with Gasteiger partial charge in [0.1, 0.15) is 0 Å². The Hall–Kier alpha value is -8.08. The Morgan fingerprint density at radius 2 is 0.783 bits per heavy atom. The first-order valence-electron chi connectivity index (χ1n) is 20.5. The van der Waals surface area contributed by atoms with Gasteiger partial charge in [0.25, 0.3) is 0 Å². The van der Waals surface area contributed by atoms with E-state index in [2.05, 4.69) is 215 Å². The van der Waals surface area contributed by atoms with Crippen LogP contribution in [-0.4, -0.2) is 19.1 Å². The van der Waals surface area contributed by atoms with E-state index in [0.29, 0.717) is 0 Å². The molecule has 0 radical (unpaired) electrons. The summed E-state index contributed by atoms with van der Waals surface area (Å²) in [6.45, 7) is 0. The van der Waals surface area contributed by atoms with Gasteiger partial charge in [-0.25, -0.2) is 9.97 Å². The largest absolute Gasteiger partial charge is 0.309 e. The van der Waals surface area contributed by atoms with Gasteiger partial charge in [-0.3, -0.25) is 0 Å². The fraction of sp³-hybridized carbons (Fsp3) is 0. The highest BCUT2D eigenvalue weighted by molar-refractivity contribution is 6.22. The minimum Gasteiger partial charge on any atom is -0.309 e. The van der Waals surface area contributed by atoms with Crippen LogP contribution < -0.4 is 0 Å². The fourth-order valence-electron chi connectivity index (χ4n) is 9.97. The van der Waals surface area contributed by atoms with Gasteiger partial charge < -0.3 is 9.13 Å². The van der Waals surface area contributed by atoms with Crippen LogP contribution in [-0.2, 0) is 0 Å². The number of fused-ring (bicyclic) bond motifs is 9. The maximum atomic E-state index is 5.34. The van der Waals surface area contributed by atoms with Crippen molar-refractivity contribution < 1.29 is 0 Å². The summed E-state index contributed by atoms with van der Waals surface area (Å²) in [6, 6.07) is 74.2. The molecule has 0 N–H and O–H groups in total. The highest BCUT2D eigenvalue weighted by atomic mass is 15.0. The molecule has 12 aromatic rings. The average Bonchev–Trinajstić information content (AvgIpc) is 3.96. The number of nitrogens with zero attached hydrogens (tertiary/aromatic N) is 4. The van der Waals surface area contributed by atoms with Crippen molar-refractivity contribution in [2.24, 2.45) is 0 Å². The number of hydrogen-bond donors (Lipinski definition) is 0. The van der Waals surface area contributed by atoms with E-state index in [4.69, 9.17) is 9.97 Å². The van der Waals surface area contributed by atoms with Crippen LogP contribution >= 0.6 is 0 Å². The zero-order chi connectivity index (χ0) is 39.3. The van der Waals surface area contributed by atoms with Crippen molar-refractivity contribution in [3.63, 3.8) is 0 Å². The van der Waals surface area contributed by atoms with Gasteiger partial charge in [-0.1, -0.05) is 146 Å². The Morgan fingerprint density at radius 3 is 1.42 bits per heavy atom. The quantitative estimate of drug-likeness (QED) is 0.175. The van der Waals surface area contributed by atoms with Crippen LogP contribution in [0.4, 0.5) is 0 Å². The molecule has 4 nitrogen and oxygen atoms in total. The summed E-state index contributed by atoms with van der Waals surface area (Å²) in [7, 11) is 0. The summed E-state index contributed by atoms with van der Waals surface area (Å²) in [5.74, 6) is 0.719. The number of rotatable bonds is 5. The summed E-state index contributed by atoms with van der Waals surface area (Å²) in [5.41, 5.74) is 16.9. The molecule has 0 aliphatic heterocycles. The van der Waals surface area contributed by atoms with Crippen molar-refractivity contribution in [3.05, 3.63) is 206 Å². The minimum absolute atomic E-state index is 0.719. The normalized spacial score (nSPS) is 12.0. The first kappa shape index (κ1) is 32.9. The standard InChI is InChI=1S/C56H34N4/c1-3-15-36(16-4-1)54-53-44-25-11-17-35-18-12-26-45(50(35)44)55(53)58-56(57-54)37-31-33-39(34-32-37)60-47-28-10-8-22-43(47)52-41(24-14-30-49(52)60)40-23-13-29-48-51(40)42-21-7-9-27-46(42)59(48)38-19-5-2-6-20-38/h1-34H. The molecule has 0 saturated carbocycles. The second-order valence-corrected chi connectivity index (χ2v) is 15.7. The van der Waals surface area contributed by atoms with Crippen molar-refractivity contribution in [2.75, 3.05) is 0 Å². The maximum absolute atomic E-state index is 5.34. The van der Waals surface area contributed by atoms with Crippen LogP contribution in [0.2, 0.25) is 0 Å². The predicted octanol–water partition coefficient (Wildman–Crippen LogP) is 14.5. The summed E-state index contributed by atoms with van der Waals surface area (Å²) in [5, 5.41) is 7.43. The van der Waals surface area contributed by atoms with Gasteiger partial charge in [0.05, 0.1) is 33.5 Å². The number of benzene rings is 9. The van der Waals surface area contributed by atoms with Crippen LogP contribution in [0, 0.1) is 0 Å². The first-order chi connectivity index (χ1) is 29.8. The van der Waals surface area contributed by atoms with Crippen LogP contribution in [0.3, 0.4) is 0 Å². The third-order valence-electron chi connectivity index (χ3n) is 12.5. The Labute approximate surface area is 345 Å². The van der Waals surface area contributed by atoms with Crippen molar-refractivity contribution in [3.8, 4) is 67.5 Å². The lowest BCUT2D eigenvalue weighted by atomic mass is 9.95. The van der Waals surface area contributed by atoms with Gasteiger partial charge in [-0.15, -0.1) is 0 Å². The highest BCUT2D eigenvalue weighted by Crippen LogP contribution is 2.50. The Bertz CT molecular complexity index is 3680. The molecule has 0 amide bonds. The highest BCUT2D eigenvalue weighted by Gasteiger charge is 2.28. The zero-order valence-corrected chi connectivity index (χ0v) is 32.4. The van der Waals surface area contributed by atoms with Crippen LogP contribution in [0.15, 0.2) is 206 Å². The molecule has 0 bridgehead atoms. The topological polar surface area (TPSA) is 35.6 Å². The molecule has 0 atom stereocenters. The molecule has 278 valence electrons. The molecule has 0 fully saturated rings. The zero-order valence-electron chi connectivity index (χ0n) is 32.4. The molecular formula is C56H34N4. The Morgan fingerprint density at radius 1 is 0.300 bits per heavy atom. The SMILES string of the molecule is c1ccc(-c2nc(-c3ccc(-n4c5ccccc5c5c(-c6cccc7c6c6ccccc6n7-c6ccccc6)cccc54)cc3)nc3c2-c2cccc4cccc-3c24)cc1. The summed E-state index contributed by atoms with van der Waals surface area (Å²) < 4.78 is 4.80. The van der Waals surface area contributed by atoms with E-state index in [0.717, 1.165) is 61.9 Å². The molecule has 0 unspecified atom stereocenters. The van der Waals surface area contributed by atoms with E-state index in [1.54, 1.807) is 0 Å². The minimum atomic E-state index is 0.719. The third kappa shape index (κ3) is 4.67. The van der Waals surface area contributed by atoms with E-state index in [1.807, 2.05) is 0 Å². The molecule has 3 heterocycles. The van der Waals surface area contributed by atoms with E-state index in [9.17, 15) is 0 Å². The molecule has 9 aromatic carbocycles. The lowest BCUT2D eigenvalue weighted by Gasteiger charge is -2.13. The Kier molecular flexibility index (Phi) is 6.98. The van der Waals surface area contributed by atoms with Gasteiger partial charge in [0.2, 0.25) is 0 Å². The second kappa shape index (κ2) is 12.7. The maximum Gasteiger partial charge on any atom is 0.160 e. The summed E-state index contributed by atoms with van der Waals surface area (Å²) >= 11 is 0. The van der Waals surface area contributed by atoms with E-state index < -0.39 is 0 Å². The number of para-hydroxylation sites is 3. The predicted molar refractivity (Wildman–Crippen MR) is 249 cm³/mol. The molecule has 0 spiro atoms. The van der Waals surface area contributed by atoms with Gasteiger partial charge >= 0.3 is 0 Å². The van der Waals surface area contributed by atoms with Gasteiger partial charge in [0, 0.05) is 55.2 Å². The molecule has 60 heavy (non-hydrogen) atoms. The van der Waals surface area contributed by atoms with Crippen molar-refractivity contribution >= 4 is 54.4 Å². The first-order valence-corrected chi connectivity index (χ1v) is 20.5. The molecule has 1 aliphatic carbocycles. The molecule has 4 heteroatoms. The van der Waals surface area contributed by atoms with E-state index in [-0.39, 0.29) is 0 Å². The monoisotopic (exact) mass is 762 g/mol. The molecule has 3 aromatic heterocycles. The Balaban J connectivity index is 0.989. The van der Waals surface area contributed by atoms with E-state index in [1.165, 1.54) is 60.0 Å².